The Hall–Kier alpha value is -2.14. The van der Waals surface area contributed by atoms with Crippen LogP contribution in [0.3, 0.4) is 0 Å². The molecule has 0 saturated heterocycles. The van der Waals surface area contributed by atoms with Crippen molar-refractivity contribution >= 4 is 11.9 Å². The van der Waals surface area contributed by atoms with Gasteiger partial charge >= 0.3 is 11.9 Å². The molecule has 0 saturated carbocycles. The van der Waals surface area contributed by atoms with Crippen molar-refractivity contribution in [3.63, 3.8) is 0 Å². The molecule has 0 heterocycles. The molecule has 23 heavy (non-hydrogen) atoms. The molecule has 0 radical (unpaired) electrons. The van der Waals surface area contributed by atoms with E-state index in [1.807, 2.05) is 19.9 Å². The van der Waals surface area contributed by atoms with Gasteiger partial charge in [-0.2, -0.15) is 0 Å². The monoisotopic (exact) mass is 320 g/mol. The third kappa shape index (κ3) is 8.16. The van der Waals surface area contributed by atoms with Gasteiger partial charge in [0.1, 0.15) is 13.2 Å². The predicted octanol–water partition coefficient (Wildman–Crippen LogP) is 3.01. The second-order valence-corrected chi connectivity index (χ2v) is 5.45. The Labute approximate surface area is 137 Å². The van der Waals surface area contributed by atoms with E-state index in [9.17, 15) is 9.59 Å². The summed E-state index contributed by atoms with van der Waals surface area (Å²) in [6.07, 6.45) is 0.620. The lowest BCUT2D eigenvalue weighted by Crippen LogP contribution is -2.15. The van der Waals surface area contributed by atoms with Gasteiger partial charge < -0.3 is 14.2 Å². The third-order valence-corrected chi connectivity index (χ3v) is 2.87. The second kappa shape index (κ2) is 10.6. The molecule has 0 aliphatic carbocycles. The van der Waals surface area contributed by atoms with Gasteiger partial charge in [-0.05, 0) is 24.5 Å². The van der Waals surface area contributed by atoms with Gasteiger partial charge in [0.25, 0.3) is 0 Å². The standard InChI is InChI=1S/C18H24O5/c1-14(2)13-15(3)17(19)22-11-9-21-10-12-23-18(20)16-7-5-4-6-8-16/h4-8,14H,3,9-13H2,1-2H3. The number of carbonyl (C=O) groups is 2. The molecule has 0 amide bonds. The third-order valence-electron chi connectivity index (χ3n) is 2.87. The van der Waals surface area contributed by atoms with Crippen LogP contribution >= 0.6 is 0 Å². The minimum absolute atomic E-state index is 0.154. The van der Waals surface area contributed by atoms with Crippen molar-refractivity contribution in [2.75, 3.05) is 26.4 Å². The maximum absolute atomic E-state index is 11.6. The van der Waals surface area contributed by atoms with Crippen LogP contribution in [0.15, 0.2) is 42.5 Å². The number of ether oxygens (including phenoxy) is 3. The summed E-state index contributed by atoms with van der Waals surface area (Å²) in [6.45, 7) is 8.54. The molecule has 126 valence electrons. The van der Waals surface area contributed by atoms with Crippen LogP contribution in [0.2, 0.25) is 0 Å². The molecule has 1 rings (SSSR count). The van der Waals surface area contributed by atoms with Crippen molar-refractivity contribution < 1.29 is 23.8 Å². The lowest BCUT2D eigenvalue weighted by atomic mass is 10.1. The minimum atomic E-state index is -0.391. The molecule has 5 heteroatoms. The van der Waals surface area contributed by atoms with Crippen LogP contribution < -0.4 is 0 Å². The van der Waals surface area contributed by atoms with E-state index in [0.29, 0.717) is 23.5 Å². The van der Waals surface area contributed by atoms with Crippen LogP contribution in [0.5, 0.6) is 0 Å². The fraction of sp³-hybridized carbons (Fsp3) is 0.444. The van der Waals surface area contributed by atoms with Gasteiger partial charge in [-0.3, -0.25) is 0 Å². The number of carbonyl (C=O) groups excluding carboxylic acids is 2. The molecular weight excluding hydrogens is 296 g/mol. The Morgan fingerprint density at radius 2 is 1.61 bits per heavy atom. The topological polar surface area (TPSA) is 61.8 Å². The highest BCUT2D eigenvalue weighted by Gasteiger charge is 2.10. The van der Waals surface area contributed by atoms with Crippen LogP contribution in [-0.2, 0) is 19.0 Å². The Bertz CT molecular complexity index is 507. The lowest BCUT2D eigenvalue weighted by molar-refractivity contribution is -0.140. The fourth-order valence-electron chi connectivity index (χ4n) is 1.82. The summed E-state index contributed by atoms with van der Waals surface area (Å²) in [5.41, 5.74) is 0.974. The molecular formula is C18H24O5. The molecule has 0 aliphatic rings. The summed E-state index contributed by atoms with van der Waals surface area (Å²) in [6, 6.07) is 8.75. The Morgan fingerprint density at radius 3 is 2.22 bits per heavy atom. The van der Waals surface area contributed by atoms with E-state index >= 15 is 0 Å². The molecule has 0 aromatic heterocycles. The smallest absolute Gasteiger partial charge is 0.338 e. The van der Waals surface area contributed by atoms with Crippen LogP contribution in [0.4, 0.5) is 0 Å². The molecule has 1 aromatic carbocycles. The molecule has 0 fully saturated rings. The zero-order valence-corrected chi connectivity index (χ0v) is 13.7. The SMILES string of the molecule is C=C(CC(C)C)C(=O)OCCOCCOC(=O)c1ccccc1. The average Bonchev–Trinajstić information content (AvgIpc) is 2.53. The molecule has 0 unspecified atom stereocenters. The first kappa shape index (κ1) is 18.9. The summed E-state index contributed by atoms with van der Waals surface area (Å²) >= 11 is 0. The van der Waals surface area contributed by atoms with E-state index in [4.69, 9.17) is 14.2 Å². The normalized spacial score (nSPS) is 10.4. The van der Waals surface area contributed by atoms with Crippen molar-refractivity contribution in [3.8, 4) is 0 Å². The van der Waals surface area contributed by atoms with Crippen molar-refractivity contribution in [2.24, 2.45) is 5.92 Å². The van der Waals surface area contributed by atoms with Crippen LogP contribution in [0.25, 0.3) is 0 Å². The van der Waals surface area contributed by atoms with Gasteiger partial charge in [-0.15, -0.1) is 0 Å². The van der Waals surface area contributed by atoms with Crippen LogP contribution in [0.1, 0.15) is 30.6 Å². The van der Waals surface area contributed by atoms with Gasteiger partial charge in [0, 0.05) is 5.57 Å². The second-order valence-electron chi connectivity index (χ2n) is 5.45. The largest absolute Gasteiger partial charge is 0.460 e. The summed E-state index contributed by atoms with van der Waals surface area (Å²) < 4.78 is 15.3. The maximum atomic E-state index is 11.6. The lowest BCUT2D eigenvalue weighted by Gasteiger charge is -2.09. The van der Waals surface area contributed by atoms with E-state index in [2.05, 4.69) is 6.58 Å². The first-order chi connectivity index (χ1) is 11.0. The Kier molecular flexibility index (Phi) is 8.68. The first-order valence-electron chi connectivity index (χ1n) is 7.65. The number of hydrogen-bond donors (Lipinski definition) is 0. The van der Waals surface area contributed by atoms with Crippen molar-refractivity contribution in [1.82, 2.24) is 0 Å². The van der Waals surface area contributed by atoms with Gasteiger partial charge in [0.15, 0.2) is 0 Å². The Morgan fingerprint density at radius 1 is 1.00 bits per heavy atom. The van der Waals surface area contributed by atoms with Crippen molar-refractivity contribution in [3.05, 3.63) is 48.0 Å². The molecule has 0 N–H and O–H groups in total. The first-order valence-corrected chi connectivity index (χ1v) is 7.65. The summed E-state index contributed by atoms with van der Waals surface area (Å²) in [4.78, 5) is 23.2. The van der Waals surface area contributed by atoms with Gasteiger partial charge in [-0.1, -0.05) is 38.6 Å². The fourth-order valence-corrected chi connectivity index (χ4v) is 1.82. The number of benzene rings is 1. The van der Waals surface area contributed by atoms with E-state index in [1.165, 1.54) is 0 Å². The molecule has 0 spiro atoms. The molecule has 1 aromatic rings. The summed E-state index contributed by atoms with van der Waals surface area (Å²) in [5.74, 6) is -0.408. The van der Waals surface area contributed by atoms with Gasteiger partial charge in [0.05, 0.1) is 18.8 Å². The highest BCUT2D eigenvalue weighted by molar-refractivity contribution is 5.89. The van der Waals surface area contributed by atoms with E-state index in [-0.39, 0.29) is 32.4 Å². The number of esters is 2. The highest BCUT2D eigenvalue weighted by Crippen LogP contribution is 2.09. The van der Waals surface area contributed by atoms with Crippen molar-refractivity contribution in [1.29, 1.82) is 0 Å². The molecule has 0 atom stereocenters. The highest BCUT2D eigenvalue weighted by atomic mass is 16.6. The van der Waals surface area contributed by atoms with E-state index in [1.54, 1.807) is 24.3 Å². The number of rotatable bonds is 10. The Balaban J connectivity index is 2.04. The van der Waals surface area contributed by atoms with E-state index < -0.39 is 5.97 Å². The predicted molar refractivity (Wildman–Crippen MR) is 87.1 cm³/mol. The average molecular weight is 320 g/mol. The zero-order chi connectivity index (χ0) is 17.1. The zero-order valence-electron chi connectivity index (χ0n) is 13.7. The molecule has 0 aliphatic heterocycles. The van der Waals surface area contributed by atoms with Crippen molar-refractivity contribution in [2.45, 2.75) is 20.3 Å². The van der Waals surface area contributed by atoms with Crippen LogP contribution in [-0.4, -0.2) is 38.4 Å². The minimum Gasteiger partial charge on any atom is -0.460 e. The number of hydrogen-bond acceptors (Lipinski definition) is 5. The molecule has 0 bridgehead atoms. The van der Waals surface area contributed by atoms with Gasteiger partial charge in [-0.25, -0.2) is 9.59 Å². The summed E-state index contributed by atoms with van der Waals surface area (Å²) in [5, 5.41) is 0. The quantitative estimate of drug-likeness (QED) is 0.377. The van der Waals surface area contributed by atoms with Crippen LogP contribution in [0, 0.1) is 5.92 Å². The van der Waals surface area contributed by atoms with Gasteiger partial charge in [0.2, 0.25) is 0 Å². The molecule has 5 nitrogen and oxygen atoms in total. The summed E-state index contributed by atoms with van der Waals surface area (Å²) in [7, 11) is 0. The van der Waals surface area contributed by atoms with E-state index in [0.717, 1.165) is 0 Å². The maximum Gasteiger partial charge on any atom is 0.338 e.